The Balaban J connectivity index is 1.27. The van der Waals surface area contributed by atoms with Crippen LogP contribution in [0.5, 0.6) is 0 Å². The highest BCUT2D eigenvalue weighted by Gasteiger charge is 2.20. The van der Waals surface area contributed by atoms with Crippen LogP contribution in [-0.4, -0.2) is 14.2 Å². The molecule has 0 spiro atoms. The van der Waals surface area contributed by atoms with Crippen molar-refractivity contribution >= 4 is 80.9 Å². The van der Waals surface area contributed by atoms with Gasteiger partial charge in [0, 0.05) is 42.9 Å². The van der Waals surface area contributed by atoms with Gasteiger partial charge in [0.05, 0.1) is 32.5 Å². The van der Waals surface area contributed by atoms with Gasteiger partial charge < -0.3 is 8.98 Å². The Bertz CT molecular complexity index is 2700. The summed E-state index contributed by atoms with van der Waals surface area (Å²) in [5, 5.41) is 11.0. The SMILES string of the molecule is c1cc(-c2cc3ccc4ccccc4n3n2)cc(-n2c3cc4c(cc3c3sc5ccccc5c32)oc2ccccc24)c1. The zero-order chi connectivity index (χ0) is 27.4. The van der Waals surface area contributed by atoms with E-state index >= 15 is 0 Å². The Hall–Kier alpha value is -5.39. The monoisotopic (exact) mass is 555 g/mol. The highest BCUT2D eigenvalue weighted by Crippen LogP contribution is 2.44. The first-order chi connectivity index (χ1) is 20.8. The number of para-hydroxylation sites is 2. The van der Waals surface area contributed by atoms with E-state index < -0.39 is 0 Å². The van der Waals surface area contributed by atoms with Gasteiger partial charge >= 0.3 is 0 Å². The van der Waals surface area contributed by atoms with Crippen LogP contribution in [0.3, 0.4) is 0 Å². The van der Waals surface area contributed by atoms with Crippen molar-refractivity contribution in [1.82, 2.24) is 14.2 Å². The van der Waals surface area contributed by atoms with Gasteiger partial charge in [-0.2, -0.15) is 5.10 Å². The lowest BCUT2D eigenvalue weighted by atomic mass is 10.1. The van der Waals surface area contributed by atoms with Crippen molar-refractivity contribution in [2.75, 3.05) is 0 Å². The molecule has 0 radical (unpaired) electrons. The Morgan fingerprint density at radius 3 is 2.43 bits per heavy atom. The van der Waals surface area contributed by atoms with E-state index in [-0.39, 0.29) is 0 Å². The molecule has 0 aliphatic rings. The zero-order valence-electron chi connectivity index (χ0n) is 22.3. The lowest BCUT2D eigenvalue weighted by Crippen LogP contribution is -1.95. The van der Waals surface area contributed by atoms with Gasteiger partial charge in [-0.15, -0.1) is 11.3 Å². The molecule has 0 saturated carbocycles. The van der Waals surface area contributed by atoms with Crippen LogP contribution in [0.15, 0.2) is 132 Å². The van der Waals surface area contributed by atoms with Crippen LogP contribution in [0.25, 0.3) is 86.5 Å². The second-order valence-corrected chi connectivity index (χ2v) is 11.9. The van der Waals surface area contributed by atoms with E-state index in [2.05, 4.69) is 120 Å². The fourth-order valence-electron chi connectivity index (χ4n) is 6.60. The topological polar surface area (TPSA) is 35.4 Å². The number of hydrogen-bond acceptors (Lipinski definition) is 3. The van der Waals surface area contributed by atoms with Crippen molar-refractivity contribution in [2.45, 2.75) is 0 Å². The largest absolute Gasteiger partial charge is 0.456 e. The maximum atomic E-state index is 6.32. The molecule has 0 saturated heterocycles. The number of thiophene rings is 1. The first-order valence-corrected chi connectivity index (χ1v) is 14.9. The molecule has 196 valence electrons. The molecule has 0 unspecified atom stereocenters. The molecule has 42 heavy (non-hydrogen) atoms. The third-order valence-electron chi connectivity index (χ3n) is 8.51. The first-order valence-electron chi connectivity index (χ1n) is 14.1. The van der Waals surface area contributed by atoms with Crippen molar-refractivity contribution in [1.29, 1.82) is 0 Å². The highest BCUT2D eigenvalue weighted by atomic mass is 32.1. The lowest BCUT2D eigenvalue weighted by molar-refractivity contribution is 0.669. The van der Waals surface area contributed by atoms with E-state index in [0.717, 1.165) is 49.9 Å². The molecule has 5 aromatic heterocycles. The fourth-order valence-corrected chi connectivity index (χ4v) is 7.81. The third kappa shape index (κ3) is 2.98. The number of benzene rings is 5. The molecule has 0 amide bonds. The van der Waals surface area contributed by atoms with E-state index in [1.54, 1.807) is 0 Å². The Kier molecular flexibility index (Phi) is 4.30. The van der Waals surface area contributed by atoms with Crippen LogP contribution >= 0.6 is 11.3 Å². The minimum absolute atomic E-state index is 0.917. The van der Waals surface area contributed by atoms with Crippen LogP contribution in [0, 0.1) is 0 Å². The molecule has 10 rings (SSSR count). The third-order valence-corrected chi connectivity index (χ3v) is 9.70. The van der Waals surface area contributed by atoms with Gasteiger partial charge in [0.25, 0.3) is 0 Å². The standard InChI is InChI=1S/C37H21N3OS/c1-4-13-31-22(8-1)16-17-25-19-30(38-40(25)31)23-9-7-10-24(18-23)39-32-20-28-26-11-2-5-14-33(26)41-34(28)21-29(32)37-36(39)27-12-3-6-15-35(27)42-37/h1-21H. The molecular formula is C37H21N3OS. The summed E-state index contributed by atoms with van der Waals surface area (Å²) in [7, 11) is 0. The van der Waals surface area contributed by atoms with Gasteiger partial charge in [0.2, 0.25) is 0 Å². The molecular weight excluding hydrogens is 534 g/mol. The van der Waals surface area contributed by atoms with Crippen molar-refractivity contribution in [3.8, 4) is 16.9 Å². The van der Waals surface area contributed by atoms with Gasteiger partial charge in [0.15, 0.2) is 0 Å². The first kappa shape index (κ1) is 22.3. The maximum Gasteiger partial charge on any atom is 0.136 e. The molecule has 0 aliphatic heterocycles. The van der Waals surface area contributed by atoms with E-state index in [1.165, 1.54) is 36.6 Å². The summed E-state index contributed by atoms with van der Waals surface area (Å²) in [5.41, 5.74) is 9.61. The Morgan fingerprint density at radius 2 is 1.45 bits per heavy atom. The summed E-state index contributed by atoms with van der Waals surface area (Å²) in [6, 6.07) is 45.2. The van der Waals surface area contributed by atoms with E-state index in [0.29, 0.717) is 0 Å². The van der Waals surface area contributed by atoms with Crippen molar-refractivity contribution in [2.24, 2.45) is 0 Å². The van der Waals surface area contributed by atoms with Crippen LogP contribution in [-0.2, 0) is 0 Å². The molecule has 0 fully saturated rings. The Labute approximate surface area is 243 Å². The summed E-state index contributed by atoms with van der Waals surface area (Å²) in [6.45, 7) is 0. The normalized spacial score (nSPS) is 12.3. The quantitative estimate of drug-likeness (QED) is 0.213. The number of fused-ring (bicyclic) bond motifs is 11. The van der Waals surface area contributed by atoms with Crippen molar-refractivity contribution < 1.29 is 4.42 Å². The fraction of sp³-hybridized carbons (Fsp3) is 0. The smallest absolute Gasteiger partial charge is 0.136 e. The number of aromatic nitrogens is 3. The molecule has 5 heterocycles. The van der Waals surface area contributed by atoms with Crippen LogP contribution < -0.4 is 0 Å². The second-order valence-electron chi connectivity index (χ2n) is 10.9. The number of pyridine rings is 1. The molecule has 5 heteroatoms. The van der Waals surface area contributed by atoms with Gasteiger partial charge in [-0.05, 0) is 54.6 Å². The maximum absolute atomic E-state index is 6.32. The molecule has 0 N–H and O–H groups in total. The molecule has 0 aliphatic carbocycles. The summed E-state index contributed by atoms with van der Waals surface area (Å²) in [6.07, 6.45) is 0. The summed E-state index contributed by atoms with van der Waals surface area (Å²) in [5.74, 6) is 0. The number of rotatable bonds is 2. The summed E-state index contributed by atoms with van der Waals surface area (Å²) >= 11 is 1.85. The minimum Gasteiger partial charge on any atom is -0.456 e. The predicted octanol–water partition coefficient (Wildman–Crippen LogP) is 10.4. The zero-order valence-corrected chi connectivity index (χ0v) is 23.1. The molecule has 0 bridgehead atoms. The van der Waals surface area contributed by atoms with E-state index in [9.17, 15) is 0 Å². The van der Waals surface area contributed by atoms with Gasteiger partial charge in [-0.1, -0.05) is 72.8 Å². The van der Waals surface area contributed by atoms with Crippen LogP contribution in [0.2, 0.25) is 0 Å². The van der Waals surface area contributed by atoms with Crippen molar-refractivity contribution in [3.63, 3.8) is 0 Å². The molecule has 10 aromatic rings. The number of hydrogen-bond donors (Lipinski definition) is 0. The molecule has 0 atom stereocenters. The predicted molar refractivity (Wildman–Crippen MR) is 175 cm³/mol. The summed E-state index contributed by atoms with van der Waals surface area (Å²) < 4.78 is 13.4. The van der Waals surface area contributed by atoms with E-state index in [4.69, 9.17) is 9.52 Å². The van der Waals surface area contributed by atoms with Crippen LogP contribution in [0.4, 0.5) is 0 Å². The van der Waals surface area contributed by atoms with E-state index in [1.807, 2.05) is 28.0 Å². The second kappa shape index (κ2) is 8.09. The number of furan rings is 1. The van der Waals surface area contributed by atoms with Gasteiger partial charge in [-0.3, -0.25) is 0 Å². The highest BCUT2D eigenvalue weighted by molar-refractivity contribution is 7.26. The van der Waals surface area contributed by atoms with Crippen LogP contribution in [0.1, 0.15) is 0 Å². The summed E-state index contributed by atoms with van der Waals surface area (Å²) in [4.78, 5) is 0. The molecule has 4 nitrogen and oxygen atoms in total. The average molecular weight is 556 g/mol. The average Bonchev–Trinajstić information content (AvgIpc) is 3.80. The number of nitrogens with zero attached hydrogens (tertiary/aromatic N) is 3. The molecule has 5 aromatic carbocycles. The van der Waals surface area contributed by atoms with Crippen molar-refractivity contribution in [3.05, 3.63) is 127 Å². The van der Waals surface area contributed by atoms with Gasteiger partial charge in [-0.25, -0.2) is 4.52 Å². The van der Waals surface area contributed by atoms with Gasteiger partial charge in [0.1, 0.15) is 11.2 Å². The Morgan fingerprint density at radius 1 is 0.595 bits per heavy atom. The lowest BCUT2D eigenvalue weighted by Gasteiger charge is -2.10. The minimum atomic E-state index is 0.917.